The maximum Gasteiger partial charge on any atom is 0.276 e. The molecular weight excluding hydrogens is 202 g/mol. The number of hydrogen-bond donors (Lipinski definition) is 2. The first-order valence-electron chi connectivity index (χ1n) is 4.96. The summed E-state index contributed by atoms with van der Waals surface area (Å²) in [6.07, 6.45) is 3.09. The standard InChI is InChI=1S/C12H9N3O/c16-12-11(13-5-6-14-12)10-7-8-3-1-2-4-9(8)15-10/h1-7,15H,(H,14,16). The van der Waals surface area contributed by atoms with Gasteiger partial charge in [-0.15, -0.1) is 0 Å². The van der Waals surface area contributed by atoms with Crippen molar-refractivity contribution in [2.75, 3.05) is 0 Å². The summed E-state index contributed by atoms with van der Waals surface area (Å²) in [6, 6.07) is 9.79. The van der Waals surface area contributed by atoms with E-state index in [1.54, 1.807) is 6.20 Å². The SMILES string of the molecule is O=c1[nH]ccnc1-c1cc2ccccc2[nH]1. The van der Waals surface area contributed by atoms with E-state index in [1.165, 1.54) is 6.20 Å². The van der Waals surface area contributed by atoms with Crippen LogP contribution in [0.15, 0.2) is 47.5 Å². The van der Waals surface area contributed by atoms with Crippen molar-refractivity contribution >= 4 is 10.9 Å². The molecule has 4 nitrogen and oxygen atoms in total. The molecule has 0 aliphatic rings. The number of aromatic nitrogens is 3. The third-order valence-corrected chi connectivity index (χ3v) is 2.49. The highest BCUT2D eigenvalue weighted by molar-refractivity contribution is 5.84. The lowest BCUT2D eigenvalue weighted by Crippen LogP contribution is -2.09. The first kappa shape index (κ1) is 8.91. The van der Waals surface area contributed by atoms with Gasteiger partial charge in [0.05, 0.1) is 5.69 Å². The molecule has 0 fully saturated rings. The van der Waals surface area contributed by atoms with Gasteiger partial charge in [0.1, 0.15) is 0 Å². The second-order valence-corrected chi connectivity index (χ2v) is 3.54. The molecule has 0 unspecified atom stereocenters. The van der Waals surface area contributed by atoms with Crippen LogP contribution in [0.5, 0.6) is 0 Å². The second kappa shape index (κ2) is 3.34. The fourth-order valence-corrected chi connectivity index (χ4v) is 1.74. The van der Waals surface area contributed by atoms with Crippen LogP contribution in [0.25, 0.3) is 22.3 Å². The lowest BCUT2D eigenvalue weighted by atomic mass is 10.2. The van der Waals surface area contributed by atoms with Gasteiger partial charge in [0, 0.05) is 23.3 Å². The Morgan fingerprint density at radius 3 is 2.88 bits per heavy atom. The first-order valence-corrected chi connectivity index (χ1v) is 4.96. The van der Waals surface area contributed by atoms with Crippen LogP contribution in [-0.2, 0) is 0 Å². The molecule has 0 saturated heterocycles. The molecule has 16 heavy (non-hydrogen) atoms. The smallest absolute Gasteiger partial charge is 0.276 e. The Kier molecular flexibility index (Phi) is 1.86. The zero-order valence-corrected chi connectivity index (χ0v) is 8.40. The molecule has 0 saturated carbocycles. The molecule has 2 heterocycles. The number of rotatable bonds is 1. The number of aromatic amines is 2. The van der Waals surface area contributed by atoms with Crippen LogP contribution in [0.1, 0.15) is 0 Å². The largest absolute Gasteiger partial charge is 0.353 e. The Bertz CT molecular complexity index is 663. The van der Waals surface area contributed by atoms with Gasteiger partial charge in [-0.25, -0.2) is 4.98 Å². The van der Waals surface area contributed by atoms with Gasteiger partial charge in [-0.2, -0.15) is 0 Å². The van der Waals surface area contributed by atoms with Gasteiger partial charge in [-0.3, -0.25) is 4.79 Å². The number of hydrogen-bond acceptors (Lipinski definition) is 2. The Hall–Kier alpha value is -2.36. The van der Waals surface area contributed by atoms with Crippen molar-refractivity contribution in [1.29, 1.82) is 0 Å². The predicted octanol–water partition coefficient (Wildman–Crippen LogP) is 1.92. The minimum atomic E-state index is -0.186. The molecule has 0 spiro atoms. The van der Waals surface area contributed by atoms with E-state index < -0.39 is 0 Å². The number of nitrogens with zero attached hydrogens (tertiary/aromatic N) is 1. The zero-order valence-electron chi connectivity index (χ0n) is 8.40. The lowest BCUT2D eigenvalue weighted by molar-refractivity contribution is 1.13. The van der Waals surface area contributed by atoms with Crippen molar-refractivity contribution in [3.8, 4) is 11.4 Å². The van der Waals surface area contributed by atoms with Crippen LogP contribution in [0.3, 0.4) is 0 Å². The van der Waals surface area contributed by atoms with Gasteiger partial charge in [0.15, 0.2) is 5.69 Å². The van der Waals surface area contributed by atoms with Crippen LogP contribution in [0, 0.1) is 0 Å². The molecule has 0 aliphatic carbocycles. The quantitative estimate of drug-likeness (QED) is 0.646. The van der Waals surface area contributed by atoms with Crippen LogP contribution in [-0.4, -0.2) is 15.0 Å². The normalized spacial score (nSPS) is 10.8. The van der Waals surface area contributed by atoms with E-state index in [1.807, 2.05) is 30.3 Å². The highest BCUT2D eigenvalue weighted by atomic mass is 16.1. The second-order valence-electron chi connectivity index (χ2n) is 3.54. The van der Waals surface area contributed by atoms with E-state index in [0.29, 0.717) is 5.69 Å². The minimum Gasteiger partial charge on any atom is -0.353 e. The summed E-state index contributed by atoms with van der Waals surface area (Å²) in [7, 11) is 0. The maximum atomic E-state index is 11.6. The lowest BCUT2D eigenvalue weighted by Gasteiger charge is -1.93. The van der Waals surface area contributed by atoms with Crippen molar-refractivity contribution < 1.29 is 0 Å². The summed E-state index contributed by atoms with van der Waals surface area (Å²) < 4.78 is 0. The van der Waals surface area contributed by atoms with Crippen LogP contribution < -0.4 is 5.56 Å². The molecule has 78 valence electrons. The van der Waals surface area contributed by atoms with E-state index in [0.717, 1.165) is 16.6 Å². The van der Waals surface area contributed by atoms with Crippen LogP contribution >= 0.6 is 0 Å². The van der Waals surface area contributed by atoms with E-state index in [4.69, 9.17) is 0 Å². The van der Waals surface area contributed by atoms with Crippen molar-refractivity contribution in [3.05, 3.63) is 53.1 Å². The number of benzene rings is 1. The summed E-state index contributed by atoms with van der Waals surface area (Å²) in [5.41, 5.74) is 1.97. The summed E-state index contributed by atoms with van der Waals surface area (Å²) in [4.78, 5) is 21.4. The van der Waals surface area contributed by atoms with Gasteiger partial charge in [-0.1, -0.05) is 18.2 Å². The Morgan fingerprint density at radius 1 is 1.19 bits per heavy atom. The fourth-order valence-electron chi connectivity index (χ4n) is 1.74. The molecular formula is C12H9N3O. The predicted molar refractivity (Wildman–Crippen MR) is 62.2 cm³/mol. The Labute approximate surface area is 91.0 Å². The number of fused-ring (bicyclic) bond motifs is 1. The van der Waals surface area contributed by atoms with Crippen molar-refractivity contribution in [1.82, 2.24) is 15.0 Å². The molecule has 1 aromatic carbocycles. The van der Waals surface area contributed by atoms with Gasteiger partial charge in [-0.05, 0) is 12.1 Å². The average Bonchev–Trinajstić information content (AvgIpc) is 2.73. The van der Waals surface area contributed by atoms with E-state index in [-0.39, 0.29) is 5.56 Å². The van der Waals surface area contributed by atoms with Crippen molar-refractivity contribution in [2.24, 2.45) is 0 Å². The number of para-hydroxylation sites is 1. The molecule has 3 rings (SSSR count). The van der Waals surface area contributed by atoms with Crippen LogP contribution in [0.2, 0.25) is 0 Å². The molecule has 0 atom stereocenters. The molecule has 0 amide bonds. The summed E-state index contributed by atoms with van der Waals surface area (Å²) in [5, 5.41) is 1.07. The highest BCUT2D eigenvalue weighted by Crippen LogP contribution is 2.19. The van der Waals surface area contributed by atoms with E-state index in [9.17, 15) is 4.79 Å². The fraction of sp³-hybridized carbons (Fsp3) is 0. The third kappa shape index (κ3) is 1.32. The van der Waals surface area contributed by atoms with Gasteiger partial charge >= 0.3 is 0 Å². The molecule has 3 aromatic rings. The van der Waals surface area contributed by atoms with E-state index in [2.05, 4.69) is 15.0 Å². The molecule has 2 aromatic heterocycles. The topological polar surface area (TPSA) is 61.5 Å². The molecule has 0 radical (unpaired) electrons. The van der Waals surface area contributed by atoms with Gasteiger partial charge < -0.3 is 9.97 Å². The van der Waals surface area contributed by atoms with Crippen molar-refractivity contribution in [2.45, 2.75) is 0 Å². The minimum absolute atomic E-state index is 0.186. The van der Waals surface area contributed by atoms with Gasteiger partial charge in [0.25, 0.3) is 5.56 Å². The third-order valence-electron chi connectivity index (χ3n) is 2.49. The Balaban J connectivity index is 2.27. The molecule has 0 bridgehead atoms. The summed E-state index contributed by atoms with van der Waals surface area (Å²) >= 11 is 0. The summed E-state index contributed by atoms with van der Waals surface area (Å²) in [6.45, 7) is 0. The maximum absolute atomic E-state index is 11.6. The first-order chi connectivity index (χ1) is 7.84. The number of nitrogens with one attached hydrogen (secondary N) is 2. The van der Waals surface area contributed by atoms with Crippen molar-refractivity contribution in [3.63, 3.8) is 0 Å². The number of H-pyrrole nitrogens is 2. The monoisotopic (exact) mass is 211 g/mol. The van der Waals surface area contributed by atoms with Crippen LogP contribution in [0.4, 0.5) is 0 Å². The Morgan fingerprint density at radius 2 is 2.06 bits per heavy atom. The highest BCUT2D eigenvalue weighted by Gasteiger charge is 2.06. The molecule has 0 aliphatic heterocycles. The average molecular weight is 211 g/mol. The summed E-state index contributed by atoms with van der Waals surface area (Å²) in [5.74, 6) is 0. The van der Waals surface area contributed by atoms with E-state index >= 15 is 0 Å². The molecule has 2 N–H and O–H groups in total. The van der Waals surface area contributed by atoms with Gasteiger partial charge in [0.2, 0.25) is 0 Å². The molecule has 4 heteroatoms. The zero-order chi connectivity index (χ0) is 11.0.